The third kappa shape index (κ3) is 4.72. The molecule has 0 radical (unpaired) electrons. The van der Waals surface area contributed by atoms with Crippen molar-refractivity contribution in [2.24, 2.45) is 34.5 Å². The summed E-state index contributed by atoms with van der Waals surface area (Å²) in [7, 11) is 0. The molecule has 1 aromatic carbocycles. The summed E-state index contributed by atoms with van der Waals surface area (Å²) < 4.78 is 0. The molecule has 35 heavy (non-hydrogen) atoms. The molecule has 1 unspecified atom stereocenters. The molecule has 0 amide bonds. The second-order valence-corrected chi connectivity index (χ2v) is 12.3. The van der Waals surface area contributed by atoms with E-state index in [2.05, 4.69) is 39.8 Å². The topological polar surface area (TPSA) is 51.2 Å². The van der Waals surface area contributed by atoms with Gasteiger partial charge in [0.1, 0.15) is 11.6 Å². The molecular weight excluding hydrogens is 432 g/mol. The van der Waals surface area contributed by atoms with Crippen LogP contribution in [0.25, 0.3) is 0 Å². The van der Waals surface area contributed by atoms with Gasteiger partial charge in [0.25, 0.3) is 0 Å². The Morgan fingerprint density at radius 3 is 2.40 bits per heavy atom. The van der Waals surface area contributed by atoms with E-state index in [0.29, 0.717) is 54.0 Å². The minimum absolute atomic E-state index is 0.0352. The standard InChI is InChI=1S/C20H28O2.C12H16O/c1-12-10-14(21)11-13-4-5-15-16-6-7-18(22)19(16,2)9-8-17(15)20(12,13)3;1-3-11(9-10(2)13)12-7-5-4-6-8-12/h11-12,15-17H,4-10H2,1-3H3;4-8,11H,3,9H2,1-2H3/t12-,15-,16-,17-,19-,20-;/m0./s1. The molecule has 3 fully saturated rings. The van der Waals surface area contributed by atoms with Crippen LogP contribution in [0.4, 0.5) is 0 Å². The molecule has 1 aromatic rings. The summed E-state index contributed by atoms with van der Waals surface area (Å²) in [6, 6.07) is 10.2. The van der Waals surface area contributed by atoms with Crippen molar-refractivity contribution in [3.63, 3.8) is 0 Å². The van der Waals surface area contributed by atoms with E-state index in [-0.39, 0.29) is 16.6 Å². The molecule has 0 N–H and O–H groups in total. The number of allylic oxidation sites excluding steroid dienone is 1. The maximum Gasteiger partial charge on any atom is 0.155 e. The van der Waals surface area contributed by atoms with E-state index in [9.17, 15) is 14.4 Å². The minimum atomic E-state index is -0.0352. The number of hydrogen-bond donors (Lipinski definition) is 0. The van der Waals surface area contributed by atoms with Crippen LogP contribution in [-0.4, -0.2) is 17.3 Å². The normalized spacial score (nSPS) is 36.7. The molecule has 0 spiro atoms. The Morgan fingerprint density at radius 2 is 1.74 bits per heavy atom. The number of benzene rings is 1. The molecule has 3 nitrogen and oxygen atoms in total. The third-order valence-corrected chi connectivity index (χ3v) is 10.5. The van der Waals surface area contributed by atoms with E-state index in [1.54, 1.807) is 6.92 Å². The molecule has 0 heterocycles. The van der Waals surface area contributed by atoms with E-state index >= 15 is 0 Å². The number of fused-ring (bicyclic) bond motifs is 5. The van der Waals surface area contributed by atoms with Crippen LogP contribution in [0.5, 0.6) is 0 Å². The number of Topliss-reactive ketones (excluding diaryl/α,β-unsaturated/α-hetero) is 2. The highest BCUT2D eigenvalue weighted by Crippen LogP contribution is 2.65. The highest BCUT2D eigenvalue weighted by atomic mass is 16.1. The Morgan fingerprint density at radius 1 is 1.03 bits per heavy atom. The van der Waals surface area contributed by atoms with Crippen molar-refractivity contribution in [3.8, 4) is 0 Å². The average Bonchev–Trinajstić information content (AvgIpc) is 3.14. The quantitative estimate of drug-likeness (QED) is 0.452. The SMILES string of the molecule is CCC(CC(C)=O)c1ccccc1.C[C@H]1CC(=O)C=C2CC[C@@H]3[C@H](CC[C@]4(C)C(=O)CC[C@@H]34)[C@]21C. The molecule has 0 bridgehead atoms. The number of hydrogen-bond acceptors (Lipinski definition) is 3. The van der Waals surface area contributed by atoms with Gasteiger partial charge in [-0.05, 0) is 92.1 Å². The monoisotopic (exact) mass is 476 g/mol. The number of rotatable bonds is 4. The summed E-state index contributed by atoms with van der Waals surface area (Å²) >= 11 is 0. The maximum absolute atomic E-state index is 12.4. The zero-order valence-corrected chi connectivity index (χ0v) is 22.4. The fraction of sp³-hybridized carbons (Fsp3) is 0.656. The Kier molecular flexibility index (Phi) is 7.55. The molecule has 3 heteroatoms. The Labute approximate surface area is 212 Å². The Hall–Kier alpha value is -2.03. The summed E-state index contributed by atoms with van der Waals surface area (Å²) in [5.41, 5.74) is 2.86. The molecule has 5 rings (SSSR count). The van der Waals surface area contributed by atoms with Crippen molar-refractivity contribution in [3.05, 3.63) is 47.5 Å². The summed E-state index contributed by atoms with van der Waals surface area (Å²) in [4.78, 5) is 35.4. The summed E-state index contributed by atoms with van der Waals surface area (Å²) in [6.07, 6.45) is 10.8. The predicted octanol–water partition coefficient (Wildman–Crippen LogP) is 7.49. The van der Waals surface area contributed by atoms with Crippen molar-refractivity contribution in [2.45, 2.75) is 98.3 Å². The van der Waals surface area contributed by atoms with Gasteiger partial charge in [-0.1, -0.05) is 63.6 Å². The maximum atomic E-state index is 12.4. The third-order valence-electron chi connectivity index (χ3n) is 10.5. The zero-order valence-electron chi connectivity index (χ0n) is 22.4. The van der Waals surface area contributed by atoms with Crippen LogP contribution in [0.15, 0.2) is 42.0 Å². The van der Waals surface area contributed by atoms with Gasteiger partial charge >= 0.3 is 0 Å². The van der Waals surface area contributed by atoms with Crippen LogP contribution < -0.4 is 0 Å². The second kappa shape index (κ2) is 10.1. The van der Waals surface area contributed by atoms with Gasteiger partial charge in [-0.25, -0.2) is 0 Å². The Bertz CT molecular complexity index is 991. The number of carbonyl (C=O) groups is 3. The lowest BCUT2D eigenvalue weighted by molar-refractivity contribution is -0.133. The summed E-state index contributed by atoms with van der Waals surface area (Å²) in [6.45, 7) is 10.7. The molecule has 0 aromatic heterocycles. The van der Waals surface area contributed by atoms with Crippen molar-refractivity contribution in [1.29, 1.82) is 0 Å². The van der Waals surface area contributed by atoms with Gasteiger partial charge in [0, 0.05) is 24.7 Å². The fourth-order valence-electron chi connectivity index (χ4n) is 8.28. The first-order valence-electron chi connectivity index (χ1n) is 13.9. The zero-order chi connectivity index (χ0) is 25.4. The largest absolute Gasteiger partial charge is 0.300 e. The molecule has 190 valence electrons. The molecule has 3 saturated carbocycles. The van der Waals surface area contributed by atoms with Crippen LogP contribution in [0.1, 0.15) is 104 Å². The van der Waals surface area contributed by atoms with E-state index in [1.807, 2.05) is 24.3 Å². The number of carbonyl (C=O) groups excluding carboxylic acids is 3. The molecule has 0 aliphatic heterocycles. The second-order valence-electron chi connectivity index (χ2n) is 12.3. The van der Waals surface area contributed by atoms with Crippen LogP contribution in [0, 0.1) is 34.5 Å². The van der Waals surface area contributed by atoms with Gasteiger partial charge in [-0.3, -0.25) is 9.59 Å². The van der Waals surface area contributed by atoms with Gasteiger partial charge < -0.3 is 4.79 Å². The Balaban J connectivity index is 0.000000191. The molecular formula is C32H44O3. The van der Waals surface area contributed by atoms with E-state index in [1.165, 1.54) is 24.0 Å². The number of ketones is 3. The predicted molar refractivity (Wildman–Crippen MR) is 141 cm³/mol. The van der Waals surface area contributed by atoms with Gasteiger partial charge in [0.05, 0.1) is 0 Å². The first-order valence-corrected chi connectivity index (χ1v) is 13.9. The molecule has 0 saturated heterocycles. The lowest BCUT2D eigenvalue weighted by Crippen LogP contribution is -2.53. The van der Waals surface area contributed by atoms with Crippen molar-refractivity contribution in [1.82, 2.24) is 0 Å². The summed E-state index contributed by atoms with van der Waals surface area (Å²) in [5.74, 6) is 3.96. The molecule has 4 aliphatic rings. The smallest absolute Gasteiger partial charge is 0.155 e. The van der Waals surface area contributed by atoms with Crippen molar-refractivity contribution < 1.29 is 14.4 Å². The van der Waals surface area contributed by atoms with Gasteiger partial charge in [0.2, 0.25) is 0 Å². The highest BCUT2D eigenvalue weighted by Gasteiger charge is 2.60. The van der Waals surface area contributed by atoms with Crippen LogP contribution in [-0.2, 0) is 14.4 Å². The summed E-state index contributed by atoms with van der Waals surface area (Å²) in [5, 5.41) is 0. The van der Waals surface area contributed by atoms with Crippen molar-refractivity contribution >= 4 is 17.3 Å². The minimum Gasteiger partial charge on any atom is -0.300 e. The van der Waals surface area contributed by atoms with Crippen LogP contribution in [0.2, 0.25) is 0 Å². The fourth-order valence-corrected chi connectivity index (χ4v) is 8.28. The van der Waals surface area contributed by atoms with Crippen molar-refractivity contribution in [2.75, 3.05) is 0 Å². The van der Waals surface area contributed by atoms with E-state index < -0.39 is 0 Å². The lowest BCUT2D eigenvalue weighted by Gasteiger charge is -2.58. The van der Waals surface area contributed by atoms with Gasteiger partial charge in [0.15, 0.2) is 5.78 Å². The van der Waals surface area contributed by atoms with Crippen LogP contribution in [0.3, 0.4) is 0 Å². The molecule has 4 aliphatic carbocycles. The van der Waals surface area contributed by atoms with Gasteiger partial charge in [-0.15, -0.1) is 0 Å². The molecule has 7 atom stereocenters. The van der Waals surface area contributed by atoms with E-state index in [4.69, 9.17) is 0 Å². The lowest BCUT2D eigenvalue weighted by atomic mass is 9.45. The average molecular weight is 477 g/mol. The highest BCUT2D eigenvalue weighted by molar-refractivity contribution is 5.92. The first kappa shape index (κ1) is 26.0. The van der Waals surface area contributed by atoms with Crippen LogP contribution >= 0.6 is 0 Å². The van der Waals surface area contributed by atoms with Gasteiger partial charge in [-0.2, -0.15) is 0 Å². The first-order chi connectivity index (χ1) is 16.6. The van der Waals surface area contributed by atoms with E-state index in [0.717, 1.165) is 32.1 Å².